The van der Waals surface area contributed by atoms with E-state index >= 15 is 0 Å². The lowest BCUT2D eigenvalue weighted by atomic mass is 10.1. The molecule has 0 aliphatic carbocycles. The van der Waals surface area contributed by atoms with Gasteiger partial charge in [-0.15, -0.1) is 0 Å². The van der Waals surface area contributed by atoms with Crippen molar-refractivity contribution in [2.75, 3.05) is 0 Å². The van der Waals surface area contributed by atoms with Crippen LogP contribution in [0.5, 0.6) is 0 Å². The van der Waals surface area contributed by atoms with Gasteiger partial charge in [0.05, 0.1) is 6.10 Å². The molecule has 0 aliphatic rings. The van der Waals surface area contributed by atoms with Gasteiger partial charge in [0, 0.05) is 0 Å². The molecule has 0 bridgehead atoms. The van der Waals surface area contributed by atoms with Crippen LogP contribution in [0.25, 0.3) is 0 Å². The third-order valence-corrected chi connectivity index (χ3v) is 2.68. The summed E-state index contributed by atoms with van der Waals surface area (Å²) in [4.78, 5) is 0. The number of unbranched alkanes of at least 4 members (excludes halogenated alkanes) is 4. The van der Waals surface area contributed by atoms with Crippen LogP contribution in [0.2, 0.25) is 0 Å². The van der Waals surface area contributed by atoms with E-state index in [0.717, 1.165) is 12.0 Å². The molecule has 1 heteroatoms. The summed E-state index contributed by atoms with van der Waals surface area (Å²) in [5.74, 6) is 0. The van der Waals surface area contributed by atoms with Gasteiger partial charge in [-0.25, -0.2) is 0 Å². The highest BCUT2D eigenvalue weighted by molar-refractivity contribution is 5.20. The number of allylic oxidation sites excluding steroid dienone is 1. The zero-order valence-corrected chi connectivity index (χ0v) is 10.1. The summed E-state index contributed by atoms with van der Waals surface area (Å²) in [5, 5.41) is 9.84. The fraction of sp³-hybridized carbons (Fsp3) is 0.467. The lowest BCUT2D eigenvalue weighted by Crippen LogP contribution is -1.91. The van der Waals surface area contributed by atoms with Crippen LogP contribution < -0.4 is 0 Å². The molecule has 0 saturated carbocycles. The summed E-state index contributed by atoms with van der Waals surface area (Å²) < 4.78 is 0. The SMILES string of the molecule is CCCCCC/C=C\[C@@H](O)c1ccccc1. The number of aliphatic hydroxyl groups is 1. The summed E-state index contributed by atoms with van der Waals surface area (Å²) in [6.07, 6.45) is 9.71. The van der Waals surface area contributed by atoms with E-state index in [1.54, 1.807) is 0 Å². The van der Waals surface area contributed by atoms with Gasteiger partial charge in [0.25, 0.3) is 0 Å². The Bertz CT molecular complexity index is 290. The van der Waals surface area contributed by atoms with E-state index in [9.17, 15) is 5.11 Å². The molecule has 0 heterocycles. The Morgan fingerprint density at radius 2 is 1.88 bits per heavy atom. The second-order valence-electron chi connectivity index (χ2n) is 4.13. The van der Waals surface area contributed by atoms with Crippen molar-refractivity contribution < 1.29 is 5.11 Å². The molecule has 0 aromatic heterocycles. The first kappa shape index (κ1) is 13.0. The van der Waals surface area contributed by atoms with E-state index in [0.29, 0.717) is 0 Å². The van der Waals surface area contributed by atoms with Crippen molar-refractivity contribution in [1.82, 2.24) is 0 Å². The number of benzene rings is 1. The van der Waals surface area contributed by atoms with Gasteiger partial charge in [-0.05, 0) is 18.4 Å². The van der Waals surface area contributed by atoms with Crippen molar-refractivity contribution in [3.63, 3.8) is 0 Å². The van der Waals surface area contributed by atoms with Gasteiger partial charge >= 0.3 is 0 Å². The maximum absolute atomic E-state index is 9.84. The summed E-state index contributed by atoms with van der Waals surface area (Å²) >= 11 is 0. The molecule has 0 radical (unpaired) electrons. The first-order valence-electron chi connectivity index (χ1n) is 6.24. The van der Waals surface area contributed by atoms with Crippen LogP contribution in [0, 0.1) is 0 Å². The van der Waals surface area contributed by atoms with Crippen molar-refractivity contribution in [3.05, 3.63) is 48.0 Å². The Morgan fingerprint density at radius 1 is 1.12 bits per heavy atom. The van der Waals surface area contributed by atoms with Gasteiger partial charge in [-0.1, -0.05) is 68.7 Å². The van der Waals surface area contributed by atoms with Gasteiger partial charge in [-0.2, -0.15) is 0 Å². The Kier molecular flexibility index (Phi) is 6.59. The number of hydrogen-bond acceptors (Lipinski definition) is 1. The number of rotatable bonds is 7. The zero-order chi connectivity index (χ0) is 11.6. The molecule has 0 unspecified atom stereocenters. The molecular weight excluding hydrogens is 196 g/mol. The first-order chi connectivity index (χ1) is 7.84. The number of aliphatic hydroxyl groups excluding tert-OH is 1. The predicted octanol–water partition coefficient (Wildman–Crippen LogP) is 4.25. The van der Waals surface area contributed by atoms with E-state index < -0.39 is 6.10 Å². The van der Waals surface area contributed by atoms with Crippen LogP contribution in [0.15, 0.2) is 42.5 Å². The van der Waals surface area contributed by atoms with Crippen molar-refractivity contribution >= 4 is 0 Å². The van der Waals surface area contributed by atoms with Crippen molar-refractivity contribution in [3.8, 4) is 0 Å². The Labute approximate surface area is 98.8 Å². The fourth-order valence-corrected chi connectivity index (χ4v) is 1.68. The highest BCUT2D eigenvalue weighted by atomic mass is 16.3. The molecule has 1 N–H and O–H groups in total. The summed E-state index contributed by atoms with van der Waals surface area (Å²) in [6.45, 7) is 2.22. The van der Waals surface area contributed by atoms with Gasteiger partial charge in [0.15, 0.2) is 0 Å². The molecule has 0 fully saturated rings. The molecule has 0 saturated heterocycles. The fourth-order valence-electron chi connectivity index (χ4n) is 1.68. The van der Waals surface area contributed by atoms with E-state index in [1.165, 1.54) is 25.7 Å². The predicted molar refractivity (Wildman–Crippen MR) is 69.3 cm³/mol. The molecule has 1 aromatic carbocycles. The average molecular weight is 218 g/mol. The van der Waals surface area contributed by atoms with Crippen molar-refractivity contribution in [2.45, 2.75) is 45.1 Å². The highest BCUT2D eigenvalue weighted by Gasteiger charge is 2.00. The second kappa shape index (κ2) is 8.12. The second-order valence-corrected chi connectivity index (χ2v) is 4.13. The standard InChI is InChI=1S/C15H22O/c1-2-3-4-5-6-10-13-15(16)14-11-8-7-9-12-14/h7-13,15-16H,2-6H2,1H3/b13-10-/t15-/m1/s1. The van der Waals surface area contributed by atoms with Crippen LogP contribution >= 0.6 is 0 Å². The third-order valence-electron chi connectivity index (χ3n) is 2.68. The smallest absolute Gasteiger partial charge is 0.0971 e. The minimum Gasteiger partial charge on any atom is -0.384 e. The molecule has 1 aromatic rings. The van der Waals surface area contributed by atoms with Crippen LogP contribution in [0.3, 0.4) is 0 Å². The van der Waals surface area contributed by atoms with E-state index in [-0.39, 0.29) is 0 Å². The monoisotopic (exact) mass is 218 g/mol. The molecule has 16 heavy (non-hydrogen) atoms. The Hall–Kier alpha value is -1.08. The van der Waals surface area contributed by atoms with Gasteiger partial charge in [0.2, 0.25) is 0 Å². The highest BCUT2D eigenvalue weighted by Crippen LogP contribution is 2.14. The lowest BCUT2D eigenvalue weighted by Gasteiger charge is -2.04. The van der Waals surface area contributed by atoms with Gasteiger partial charge in [0.1, 0.15) is 0 Å². The van der Waals surface area contributed by atoms with Gasteiger partial charge in [-0.3, -0.25) is 0 Å². The zero-order valence-electron chi connectivity index (χ0n) is 10.1. The Morgan fingerprint density at radius 3 is 2.56 bits per heavy atom. The van der Waals surface area contributed by atoms with Crippen LogP contribution in [0.1, 0.15) is 50.7 Å². The summed E-state index contributed by atoms with van der Waals surface area (Å²) in [7, 11) is 0. The molecule has 88 valence electrons. The third kappa shape index (κ3) is 5.13. The molecule has 1 rings (SSSR count). The van der Waals surface area contributed by atoms with Crippen LogP contribution in [-0.2, 0) is 0 Å². The molecule has 0 aliphatic heterocycles. The van der Waals surface area contributed by atoms with E-state index in [4.69, 9.17) is 0 Å². The maximum Gasteiger partial charge on any atom is 0.0971 e. The average Bonchev–Trinajstić information content (AvgIpc) is 2.34. The van der Waals surface area contributed by atoms with Crippen LogP contribution in [-0.4, -0.2) is 5.11 Å². The normalized spacial score (nSPS) is 13.1. The molecular formula is C15H22O. The van der Waals surface area contributed by atoms with Crippen LogP contribution in [0.4, 0.5) is 0 Å². The maximum atomic E-state index is 9.84. The quantitative estimate of drug-likeness (QED) is 0.536. The van der Waals surface area contributed by atoms with E-state index in [2.05, 4.69) is 13.0 Å². The number of hydrogen-bond donors (Lipinski definition) is 1. The van der Waals surface area contributed by atoms with E-state index in [1.807, 2.05) is 36.4 Å². The van der Waals surface area contributed by atoms with Gasteiger partial charge < -0.3 is 5.11 Å². The molecule has 1 nitrogen and oxygen atoms in total. The molecule has 1 atom stereocenters. The minimum atomic E-state index is -0.452. The van der Waals surface area contributed by atoms with Crippen molar-refractivity contribution in [2.24, 2.45) is 0 Å². The largest absolute Gasteiger partial charge is 0.384 e. The molecule has 0 amide bonds. The van der Waals surface area contributed by atoms with Crippen molar-refractivity contribution in [1.29, 1.82) is 0 Å². The summed E-state index contributed by atoms with van der Waals surface area (Å²) in [5.41, 5.74) is 0.965. The topological polar surface area (TPSA) is 20.2 Å². The first-order valence-corrected chi connectivity index (χ1v) is 6.24. The molecule has 0 spiro atoms. The lowest BCUT2D eigenvalue weighted by molar-refractivity contribution is 0.228. The minimum absolute atomic E-state index is 0.452. The Balaban J connectivity index is 2.24. The summed E-state index contributed by atoms with van der Waals surface area (Å²) in [6, 6.07) is 9.77.